The number of hydrogen-bond acceptors (Lipinski definition) is 5. The van der Waals surface area contributed by atoms with Crippen molar-refractivity contribution in [2.24, 2.45) is 11.8 Å². The summed E-state index contributed by atoms with van der Waals surface area (Å²) in [6.07, 6.45) is -1.00. The van der Waals surface area contributed by atoms with Crippen LogP contribution in [0.4, 0.5) is 5.69 Å². The molecule has 0 radical (unpaired) electrons. The maximum atomic E-state index is 14.2. The molecule has 45 heavy (non-hydrogen) atoms. The van der Waals surface area contributed by atoms with Crippen LogP contribution in [0, 0.1) is 11.8 Å². The Balaban J connectivity index is 1.19. The van der Waals surface area contributed by atoms with Gasteiger partial charge >= 0.3 is 5.97 Å². The van der Waals surface area contributed by atoms with Crippen LogP contribution in [0.15, 0.2) is 97.1 Å². The number of esters is 1. The first-order chi connectivity index (χ1) is 21.6. The fourth-order valence-electron chi connectivity index (χ4n) is 7.01. The number of carbonyl (C=O) groups excluding carboxylic acids is 4. The fraction of sp³-hybridized carbons (Fsp3) is 0.200. The number of benzene rings is 4. The number of ketones is 1. The average Bonchev–Trinajstić information content (AvgIpc) is 3.34. The standard InChI is InChI=1S/C35H23Cl4NO5/c36-18-17-27(30(41)19-9-13-21(37)14-10-19)45-33(44)20-11-15-22(16-12-20)40-31(42)28-29(32(40)43)35(39)24-6-2-1-5-23(24)34(28,38)25-7-3-4-8-26(25)35/h1-16,27-29H,17-18H2/t27-,28-,29+,34?,35?/m0/s1. The number of anilines is 1. The molecule has 1 fully saturated rings. The first-order valence-corrected chi connectivity index (χ1v) is 15.9. The first kappa shape index (κ1) is 30.0. The maximum absolute atomic E-state index is 14.2. The van der Waals surface area contributed by atoms with E-state index in [9.17, 15) is 19.2 Å². The molecule has 1 saturated heterocycles. The van der Waals surface area contributed by atoms with Crippen molar-refractivity contribution in [1.29, 1.82) is 0 Å². The van der Waals surface area contributed by atoms with Gasteiger partial charge in [-0.15, -0.1) is 34.8 Å². The van der Waals surface area contributed by atoms with Crippen LogP contribution >= 0.6 is 46.4 Å². The summed E-state index contributed by atoms with van der Waals surface area (Å²) in [5, 5.41) is 0.468. The molecule has 2 bridgehead atoms. The van der Waals surface area contributed by atoms with Crippen molar-refractivity contribution in [3.63, 3.8) is 0 Å². The third-order valence-electron chi connectivity index (χ3n) is 8.99. The zero-order chi connectivity index (χ0) is 31.7. The van der Waals surface area contributed by atoms with E-state index < -0.39 is 51.3 Å². The van der Waals surface area contributed by atoms with E-state index in [1.165, 1.54) is 24.3 Å². The van der Waals surface area contributed by atoms with E-state index in [0.29, 0.717) is 32.8 Å². The van der Waals surface area contributed by atoms with Crippen molar-refractivity contribution in [3.05, 3.63) is 135 Å². The van der Waals surface area contributed by atoms with Crippen LogP contribution in [0.5, 0.6) is 0 Å². The summed E-state index contributed by atoms with van der Waals surface area (Å²) in [7, 11) is 0. The molecule has 1 aliphatic heterocycles. The number of alkyl halides is 3. The second kappa shape index (κ2) is 11.0. The normalized spacial score (nSPS) is 24.9. The Kier molecular flexibility index (Phi) is 7.33. The minimum Gasteiger partial charge on any atom is -0.450 e. The lowest BCUT2D eigenvalue weighted by Gasteiger charge is -2.54. The molecule has 4 aromatic carbocycles. The van der Waals surface area contributed by atoms with Gasteiger partial charge in [-0.1, -0.05) is 60.1 Å². The van der Waals surface area contributed by atoms with Gasteiger partial charge in [0, 0.05) is 22.9 Å². The van der Waals surface area contributed by atoms with Gasteiger partial charge in [0.25, 0.3) is 0 Å². The smallest absolute Gasteiger partial charge is 0.338 e. The number of amides is 2. The minimum absolute atomic E-state index is 0.0928. The lowest BCUT2D eigenvalue weighted by Crippen LogP contribution is -2.57. The molecular formula is C35H23Cl4NO5. The van der Waals surface area contributed by atoms with E-state index >= 15 is 0 Å². The van der Waals surface area contributed by atoms with Crippen molar-refractivity contribution >= 4 is 75.7 Å². The lowest BCUT2D eigenvalue weighted by atomic mass is 9.54. The monoisotopic (exact) mass is 677 g/mol. The number of carbonyl (C=O) groups is 4. The summed E-state index contributed by atoms with van der Waals surface area (Å²) in [5.41, 5.74) is 3.56. The van der Waals surface area contributed by atoms with Crippen LogP contribution in [0.3, 0.4) is 0 Å². The van der Waals surface area contributed by atoms with E-state index in [4.69, 9.17) is 51.1 Å². The predicted molar refractivity (Wildman–Crippen MR) is 172 cm³/mol. The van der Waals surface area contributed by atoms with Crippen LogP contribution < -0.4 is 4.90 Å². The van der Waals surface area contributed by atoms with Crippen molar-refractivity contribution in [2.45, 2.75) is 22.3 Å². The van der Waals surface area contributed by atoms with E-state index in [1.807, 2.05) is 48.5 Å². The molecule has 3 atom stereocenters. The summed E-state index contributed by atoms with van der Waals surface area (Å²) in [4.78, 5) is 53.0. The van der Waals surface area contributed by atoms with Crippen LogP contribution in [0.1, 0.15) is 49.4 Å². The highest BCUT2D eigenvalue weighted by Gasteiger charge is 2.73. The Morgan fingerprint density at radius 1 is 0.711 bits per heavy atom. The molecule has 0 saturated carbocycles. The van der Waals surface area contributed by atoms with E-state index in [2.05, 4.69) is 0 Å². The third-order valence-corrected chi connectivity index (χ3v) is 10.7. The SMILES string of the molecule is O=C(O[C@@H](CCCl)C(=O)c1ccc(Cl)cc1)c1ccc(N2C(=O)[C@@H]3[C@H](C2=O)C2(Cl)c4ccccc4C3(Cl)c3ccccc32)cc1. The largest absolute Gasteiger partial charge is 0.450 e. The minimum atomic E-state index is -1.30. The van der Waals surface area contributed by atoms with Crippen molar-refractivity contribution < 1.29 is 23.9 Å². The molecule has 0 aromatic heterocycles. The molecule has 1 heterocycles. The Labute approximate surface area is 278 Å². The van der Waals surface area contributed by atoms with Crippen LogP contribution in [0.25, 0.3) is 0 Å². The molecule has 4 aliphatic rings. The third kappa shape index (κ3) is 4.30. The van der Waals surface area contributed by atoms with Gasteiger partial charge in [-0.3, -0.25) is 14.4 Å². The van der Waals surface area contributed by atoms with Gasteiger partial charge in [0.2, 0.25) is 17.6 Å². The highest BCUT2D eigenvalue weighted by Crippen LogP contribution is 2.69. The van der Waals surface area contributed by atoms with Crippen LogP contribution in [-0.4, -0.2) is 35.6 Å². The number of ether oxygens (including phenoxy) is 1. The predicted octanol–water partition coefficient (Wildman–Crippen LogP) is 7.47. The van der Waals surface area contributed by atoms with E-state index in [-0.39, 0.29) is 23.6 Å². The van der Waals surface area contributed by atoms with Gasteiger partial charge < -0.3 is 4.74 Å². The van der Waals surface area contributed by atoms with Crippen molar-refractivity contribution in [2.75, 3.05) is 10.8 Å². The van der Waals surface area contributed by atoms with Gasteiger partial charge in [-0.25, -0.2) is 9.69 Å². The Morgan fingerprint density at radius 3 is 1.60 bits per heavy atom. The summed E-state index contributed by atoms with van der Waals surface area (Å²) < 4.78 is 5.55. The Bertz CT molecular complexity index is 1770. The molecule has 0 spiro atoms. The summed E-state index contributed by atoms with van der Waals surface area (Å²) in [6, 6.07) is 27.0. The second-order valence-electron chi connectivity index (χ2n) is 11.3. The first-order valence-electron chi connectivity index (χ1n) is 14.2. The molecular weight excluding hydrogens is 656 g/mol. The maximum Gasteiger partial charge on any atom is 0.338 e. The van der Waals surface area contributed by atoms with Gasteiger partial charge in [-0.05, 0) is 70.8 Å². The molecule has 10 heteroatoms. The topological polar surface area (TPSA) is 80.8 Å². The lowest BCUT2D eigenvalue weighted by molar-refractivity contribution is -0.122. The average molecular weight is 679 g/mol. The summed E-state index contributed by atoms with van der Waals surface area (Å²) in [5.74, 6) is -3.91. The highest BCUT2D eigenvalue weighted by molar-refractivity contribution is 6.38. The zero-order valence-corrected chi connectivity index (χ0v) is 26.4. The number of nitrogens with zero attached hydrogens (tertiary/aromatic N) is 1. The molecule has 3 aliphatic carbocycles. The molecule has 2 amide bonds. The van der Waals surface area contributed by atoms with Gasteiger partial charge in [0.05, 0.1) is 23.1 Å². The molecule has 0 unspecified atom stereocenters. The summed E-state index contributed by atoms with van der Waals surface area (Å²) in [6.45, 7) is 0. The fourth-order valence-corrected chi connectivity index (χ4v) is 8.43. The number of hydrogen-bond donors (Lipinski definition) is 0. The van der Waals surface area contributed by atoms with E-state index in [0.717, 1.165) is 4.90 Å². The number of Topliss-reactive ketones (excluding diaryl/α,β-unsaturated/α-hetero) is 1. The second-order valence-corrected chi connectivity index (χ2v) is 13.3. The zero-order valence-electron chi connectivity index (χ0n) is 23.4. The van der Waals surface area contributed by atoms with Gasteiger partial charge in [0.15, 0.2) is 6.10 Å². The van der Waals surface area contributed by atoms with Crippen LogP contribution in [0.2, 0.25) is 5.02 Å². The number of rotatable bonds is 7. The molecule has 0 N–H and O–H groups in total. The van der Waals surface area contributed by atoms with Crippen molar-refractivity contribution in [3.8, 4) is 0 Å². The summed E-state index contributed by atoms with van der Waals surface area (Å²) >= 11 is 26.8. The Morgan fingerprint density at radius 2 is 1.16 bits per heavy atom. The Hall–Kier alpha value is -3.68. The molecule has 4 aromatic rings. The highest BCUT2D eigenvalue weighted by atomic mass is 35.5. The van der Waals surface area contributed by atoms with Crippen molar-refractivity contribution in [1.82, 2.24) is 0 Å². The van der Waals surface area contributed by atoms with Gasteiger partial charge in [-0.2, -0.15) is 0 Å². The van der Waals surface area contributed by atoms with Gasteiger partial charge in [0.1, 0.15) is 9.75 Å². The number of halogens is 4. The number of imide groups is 1. The molecule has 8 rings (SSSR count). The van der Waals surface area contributed by atoms with E-state index in [1.54, 1.807) is 24.3 Å². The molecule has 226 valence electrons. The van der Waals surface area contributed by atoms with Crippen LogP contribution in [-0.2, 0) is 24.1 Å². The quantitative estimate of drug-likeness (QED) is 0.0877. The molecule has 6 nitrogen and oxygen atoms in total.